The average Bonchev–Trinajstić information content (AvgIpc) is 2.60. The fourth-order valence-electron chi connectivity index (χ4n) is 1.95. The zero-order valence-electron chi connectivity index (χ0n) is 13.6. The van der Waals surface area contributed by atoms with Crippen LogP contribution in [0, 0.1) is 0 Å². The maximum atomic E-state index is 11.6. The zero-order valence-corrected chi connectivity index (χ0v) is 14.4. The van der Waals surface area contributed by atoms with Crippen LogP contribution in [0.4, 0.5) is 0 Å². The molecule has 0 fully saturated rings. The van der Waals surface area contributed by atoms with Gasteiger partial charge in [0.1, 0.15) is 18.4 Å². The second-order valence-corrected chi connectivity index (χ2v) is 5.76. The normalized spacial score (nSPS) is 11.9. The fraction of sp³-hybridized carbons (Fsp3) is 0.158. The van der Waals surface area contributed by atoms with E-state index in [2.05, 4.69) is 5.32 Å². The molecule has 130 valence electrons. The first-order valence-electron chi connectivity index (χ1n) is 7.63. The molecule has 2 rings (SSSR count). The quantitative estimate of drug-likeness (QED) is 0.742. The van der Waals surface area contributed by atoms with Crippen molar-refractivity contribution >= 4 is 29.6 Å². The van der Waals surface area contributed by atoms with Crippen LogP contribution in [0.25, 0.3) is 6.08 Å². The van der Waals surface area contributed by atoms with Crippen LogP contribution in [0.3, 0.4) is 0 Å². The molecule has 5 nitrogen and oxygen atoms in total. The highest BCUT2D eigenvalue weighted by atomic mass is 35.5. The molecule has 6 heteroatoms. The molecule has 0 aliphatic rings. The Hall–Kier alpha value is -2.79. The van der Waals surface area contributed by atoms with Crippen molar-refractivity contribution in [2.24, 2.45) is 0 Å². The summed E-state index contributed by atoms with van der Waals surface area (Å²) in [5, 5.41) is 11.7. The Morgan fingerprint density at radius 3 is 2.52 bits per heavy atom. The summed E-state index contributed by atoms with van der Waals surface area (Å²) in [6.07, 6.45) is 2.89. The molecule has 0 saturated heterocycles. The maximum Gasteiger partial charge on any atom is 0.325 e. The summed E-state index contributed by atoms with van der Waals surface area (Å²) in [5.41, 5.74) is 1.69. The van der Waals surface area contributed by atoms with Crippen LogP contribution in [0.5, 0.6) is 5.75 Å². The molecule has 0 unspecified atom stereocenters. The first-order valence-corrected chi connectivity index (χ1v) is 8.01. The molecule has 0 heterocycles. The number of carboxylic acid groups (broad SMARTS) is 1. The summed E-state index contributed by atoms with van der Waals surface area (Å²) >= 11 is 6.08. The van der Waals surface area contributed by atoms with Crippen molar-refractivity contribution in [2.45, 2.75) is 19.6 Å². The maximum absolute atomic E-state index is 11.6. The van der Waals surface area contributed by atoms with E-state index in [4.69, 9.17) is 21.4 Å². The van der Waals surface area contributed by atoms with Crippen molar-refractivity contribution in [3.05, 3.63) is 70.8 Å². The summed E-state index contributed by atoms with van der Waals surface area (Å²) < 4.78 is 5.68. The highest BCUT2D eigenvalue weighted by molar-refractivity contribution is 6.31. The number of benzene rings is 2. The van der Waals surface area contributed by atoms with Crippen molar-refractivity contribution < 1.29 is 19.4 Å². The number of ether oxygens (including phenoxy) is 1. The van der Waals surface area contributed by atoms with Crippen molar-refractivity contribution in [1.82, 2.24) is 5.32 Å². The molecule has 2 aromatic carbocycles. The van der Waals surface area contributed by atoms with Gasteiger partial charge in [0.05, 0.1) is 0 Å². The smallest absolute Gasteiger partial charge is 0.325 e. The fourth-order valence-corrected chi connectivity index (χ4v) is 2.14. The van der Waals surface area contributed by atoms with Crippen molar-refractivity contribution in [1.29, 1.82) is 0 Å². The van der Waals surface area contributed by atoms with Crippen LogP contribution in [-0.2, 0) is 16.2 Å². The van der Waals surface area contributed by atoms with Crippen molar-refractivity contribution in [3.63, 3.8) is 0 Å². The largest absolute Gasteiger partial charge is 0.489 e. The van der Waals surface area contributed by atoms with Gasteiger partial charge in [-0.05, 0) is 36.8 Å². The Labute approximate surface area is 150 Å². The minimum absolute atomic E-state index is 0.365. The molecule has 0 bridgehead atoms. The van der Waals surface area contributed by atoms with Gasteiger partial charge in [0.25, 0.3) is 0 Å². The topological polar surface area (TPSA) is 75.6 Å². The molecule has 1 amide bonds. The number of hydrogen-bond acceptors (Lipinski definition) is 3. The predicted molar refractivity (Wildman–Crippen MR) is 96.5 cm³/mol. The molecular weight excluding hydrogens is 342 g/mol. The van der Waals surface area contributed by atoms with Gasteiger partial charge >= 0.3 is 5.97 Å². The first kappa shape index (κ1) is 18.5. The van der Waals surface area contributed by atoms with Gasteiger partial charge in [-0.3, -0.25) is 9.59 Å². The highest BCUT2D eigenvalue weighted by Crippen LogP contribution is 2.19. The third kappa shape index (κ3) is 5.97. The molecule has 1 atom stereocenters. The van der Waals surface area contributed by atoms with Gasteiger partial charge in [0.15, 0.2) is 0 Å². The molecule has 0 aliphatic carbocycles. The lowest BCUT2D eigenvalue weighted by molar-refractivity contribution is -0.140. The Morgan fingerprint density at radius 1 is 1.20 bits per heavy atom. The van der Waals surface area contributed by atoms with E-state index in [1.165, 1.54) is 13.0 Å². The molecular formula is C19H18ClNO4. The molecule has 2 aromatic rings. The molecule has 0 radical (unpaired) electrons. The van der Waals surface area contributed by atoms with Gasteiger partial charge in [-0.15, -0.1) is 0 Å². The Kier molecular flexibility index (Phi) is 6.60. The minimum atomic E-state index is -1.08. The van der Waals surface area contributed by atoms with Gasteiger partial charge in [0.2, 0.25) is 5.91 Å². The van der Waals surface area contributed by atoms with Crippen LogP contribution in [0.15, 0.2) is 54.6 Å². The average molecular weight is 360 g/mol. The summed E-state index contributed by atoms with van der Waals surface area (Å²) in [5.74, 6) is -0.864. The number of aliphatic carboxylic acids is 1. The molecule has 25 heavy (non-hydrogen) atoms. The Morgan fingerprint density at radius 2 is 1.88 bits per heavy atom. The second-order valence-electron chi connectivity index (χ2n) is 5.35. The van der Waals surface area contributed by atoms with Gasteiger partial charge in [-0.2, -0.15) is 0 Å². The summed E-state index contributed by atoms with van der Waals surface area (Å²) in [4.78, 5) is 22.3. The number of hydrogen-bond donors (Lipinski definition) is 2. The molecule has 0 aromatic heterocycles. The van der Waals surface area contributed by atoms with E-state index in [9.17, 15) is 9.59 Å². The minimum Gasteiger partial charge on any atom is -0.489 e. The predicted octanol–water partition coefficient (Wildman–Crippen LogP) is 3.52. The Balaban J connectivity index is 1.89. The summed E-state index contributed by atoms with van der Waals surface area (Å²) in [6.45, 7) is 1.77. The number of carboxylic acids is 1. The van der Waals surface area contributed by atoms with Crippen LogP contribution in [-0.4, -0.2) is 23.0 Å². The number of nitrogens with one attached hydrogen (secondary N) is 1. The van der Waals surface area contributed by atoms with E-state index in [0.29, 0.717) is 17.4 Å². The Bertz CT molecular complexity index is 771. The number of carbonyl (C=O) groups excluding carboxylic acids is 1. The van der Waals surface area contributed by atoms with E-state index in [-0.39, 0.29) is 0 Å². The molecule has 0 aliphatic heterocycles. The lowest BCUT2D eigenvalue weighted by atomic mass is 10.2. The van der Waals surface area contributed by atoms with E-state index in [1.54, 1.807) is 30.3 Å². The van der Waals surface area contributed by atoms with E-state index in [0.717, 1.165) is 11.1 Å². The summed E-state index contributed by atoms with van der Waals surface area (Å²) in [7, 11) is 0. The molecule has 2 N–H and O–H groups in total. The van der Waals surface area contributed by atoms with Crippen molar-refractivity contribution in [2.75, 3.05) is 0 Å². The van der Waals surface area contributed by atoms with Gasteiger partial charge in [-0.1, -0.05) is 41.9 Å². The monoisotopic (exact) mass is 359 g/mol. The SMILES string of the molecule is C[C@@H](NC(=O)/C=C/c1ccc(OCc2ccccc2Cl)cc1)C(=O)O. The van der Waals surface area contributed by atoms with Crippen LogP contribution in [0.1, 0.15) is 18.1 Å². The summed E-state index contributed by atoms with van der Waals surface area (Å²) in [6, 6.07) is 13.7. The third-order valence-corrected chi connectivity index (χ3v) is 3.76. The zero-order chi connectivity index (χ0) is 18.2. The lowest BCUT2D eigenvalue weighted by Gasteiger charge is -2.08. The third-order valence-electron chi connectivity index (χ3n) is 3.39. The van der Waals surface area contributed by atoms with Crippen LogP contribution in [0.2, 0.25) is 5.02 Å². The van der Waals surface area contributed by atoms with Crippen molar-refractivity contribution in [3.8, 4) is 5.75 Å². The number of amides is 1. The number of halogens is 1. The number of carbonyl (C=O) groups is 2. The van der Waals surface area contributed by atoms with Crippen LogP contribution >= 0.6 is 11.6 Å². The molecule has 0 spiro atoms. The van der Waals surface area contributed by atoms with E-state index in [1.807, 2.05) is 24.3 Å². The lowest BCUT2D eigenvalue weighted by Crippen LogP contribution is -2.37. The van der Waals surface area contributed by atoms with E-state index >= 15 is 0 Å². The standard InChI is InChI=1S/C19H18ClNO4/c1-13(19(23)24)21-18(22)11-8-14-6-9-16(10-7-14)25-12-15-4-2-3-5-17(15)20/h2-11,13H,12H2,1H3,(H,21,22)(H,23,24)/b11-8+/t13-/m1/s1. The highest BCUT2D eigenvalue weighted by Gasteiger charge is 2.11. The van der Waals surface area contributed by atoms with E-state index < -0.39 is 17.9 Å². The van der Waals surface area contributed by atoms with Gasteiger partial charge < -0.3 is 15.2 Å². The second kappa shape index (κ2) is 8.89. The van der Waals surface area contributed by atoms with Crippen LogP contribution < -0.4 is 10.1 Å². The first-order chi connectivity index (χ1) is 12.0. The van der Waals surface area contributed by atoms with Gasteiger partial charge in [-0.25, -0.2) is 0 Å². The molecule has 0 saturated carbocycles. The number of rotatable bonds is 7. The van der Waals surface area contributed by atoms with Gasteiger partial charge in [0, 0.05) is 16.7 Å².